The van der Waals surface area contributed by atoms with Gasteiger partial charge in [0.1, 0.15) is 0 Å². The van der Waals surface area contributed by atoms with Crippen LogP contribution < -0.4 is 5.32 Å². The van der Waals surface area contributed by atoms with E-state index in [1.807, 2.05) is 30.3 Å². The molecule has 2 rings (SSSR count). The van der Waals surface area contributed by atoms with E-state index in [1.54, 1.807) is 38.4 Å². The van der Waals surface area contributed by atoms with Crippen molar-refractivity contribution in [1.82, 2.24) is 4.90 Å². The Balaban J connectivity index is 2.01. The van der Waals surface area contributed by atoms with Crippen molar-refractivity contribution in [2.75, 3.05) is 19.4 Å². The monoisotopic (exact) mass is 404 g/mol. The number of hydrogen-bond acceptors (Lipinski definition) is 3. The van der Waals surface area contributed by atoms with Gasteiger partial charge in [0.2, 0.25) is 5.91 Å². The molecule has 24 heavy (non-hydrogen) atoms. The lowest BCUT2D eigenvalue weighted by atomic mass is 10.2. The molecule has 0 aliphatic rings. The van der Waals surface area contributed by atoms with Crippen LogP contribution in [0.25, 0.3) is 6.08 Å². The molecule has 0 aromatic heterocycles. The molecule has 2 aromatic carbocycles. The molecule has 0 heterocycles. The summed E-state index contributed by atoms with van der Waals surface area (Å²) in [7, 11) is 3.40. The van der Waals surface area contributed by atoms with E-state index < -0.39 is 0 Å². The standard InChI is InChI=1S/C18H17BrN2O2S/c1-21(2)18(23)24-15-8-5-7-14(12-15)20-17(22)11-10-13-6-3-4-9-16(13)19/h3-12H,1-2H3,(H,20,22). The number of benzene rings is 2. The summed E-state index contributed by atoms with van der Waals surface area (Å²) in [5.41, 5.74) is 1.57. The fraction of sp³-hybridized carbons (Fsp3) is 0.111. The van der Waals surface area contributed by atoms with Crippen molar-refractivity contribution >= 4 is 50.6 Å². The first-order valence-electron chi connectivity index (χ1n) is 7.18. The Hall–Kier alpha value is -2.05. The molecule has 0 aliphatic heterocycles. The highest BCUT2D eigenvalue weighted by molar-refractivity contribution is 9.10. The molecular weight excluding hydrogens is 388 g/mol. The van der Waals surface area contributed by atoms with Crippen LogP contribution in [0.5, 0.6) is 0 Å². The van der Waals surface area contributed by atoms with Gasteiger partial charge in [-0.15, -0.1) is 0 Å². The molecule has 1 N–H and O–H groups in total. The highest BCUT2D eigenvalue weighted by Crippen LogP contribution is 2.23. The van der Waals surface area contributed by atoms with Gasteiger partial charge in [-0.3, -0.25) is 9.59 Å². The highest BCUT2D eigenvalue weighted by atomic mass is 79.9. The van der Waals surface area contributed by atoms with Gasteiger partial charge in [0, 0.05) is 35.2 Å². The topological polar surface area (TPSA) is 49.4 Å². The molecule has 4 nitrogen and oxygen atoms in total. The Kier molecular flexibility index (Phi) is 6.63. The SMILES string of the molecule is CN(C)C(=O)Sc1cccc(NC(=O)C=Cc2ccccc2Br)c1. The first-order chi connectivity index (χ1) is 11.5. The highest BCUT2D eigenvalue weighted by Gasteiger charge is 2.07. The van der Waals surface area contributed by atoms with E-state index in [0.717, 1.165) is 26.7 Å². The van der Waals surface area contributed by atoms with E-state index in [0.29, 0.717) is 5.69 Å². The van der Waals surface area contributed by atoms with Gasteiger partial charge in [-0.1, -0.05) is 40.2 Å². The number of halogens is 1. The van der Waals surface area contributed by atoms with Crippen LogP contribution in [-0.2, 0) is 4.79 Å². The van der Waals surface area contributed by atoms with E-state index in [-0.39, 0.29) is 11.1 Å². The number of thioether (sulfide) groups is 1. The summed E-state index contributed by atoms with van der Waals surface area (Å²) in [6.45, 7) is 0. The van der Waals surface area contributed by atoms with Crippen LogP contribution in [0.1, 0.15) is 5.56 Å². The lowest BCUT2D eigenvalue weighted by Crippen LogP contribution is -2.16. The van der Waals surface area contributed by atoms with E-state index in [1.165, 1.54) is 11.0 Å². The predicted molar refractivity (Wildman–Crippen MR) is 103 cm³/mol. The number of hydrogen-bond donors (Lipinski definition) is 1. The van der Waals surface area contributed by atoms with E-state index in [2.05, 4.69) is 21.2 Å². The fourth-order valence-electron chi connectivity index (χ4n) is 1.79. The molecule has 0 spiro atoms. The Labute approximate surface area is 154 Å². The Morgan fingerprint density at radius 3 is 2.58 bits per heavy atom. The third kappa shape index (κ3) is 5.54. The van der Waals surface area contributed by atoms with Gasteiger partial charge in [-0.25, -0.2) is 0 Å². The van der Waals surface area contributed by atoms with Gasteiger partial charge in [0.05, 0.1) is 0 Å². The first-order valence-corrected chi connectivity index (χ1v) is 8.79. The van der Waals surface area contributed by atoms with Crippen LogP contribution in [-0.4, -0.2) is 30.1 Å². The molecule has 0 fully saturated rings. The van der Waals surface area contributed by atoms with Crippen molar-refractivity contribution in [2.45, 2.75) is 4.90 Å². The average molecular weight is 405 g/mol. The van der Waals surface area contributed by atoms with E-state index in [4.69, 9.17) is 0 Å². The maximum atomic E-state index is 12.0. The fourth-order valence-corrected chi connectivity index (χ4v) is 2.92. The number of anilines is 1. The summed E-state index contributed by atoms with van der Waals surface area (Å²) in [5, 5.41) is 2.73. The predicted octanol–water partition coefficient (Wildman–Crippen LogP) is 4.87. The molecule has 2 aromatic rings. The Bertz CT molecular complexity index is 775. The molecule has 0 saturated heterocycles. The lowest BCUT2D eigenvalue weighted by Gasteiger charge is -2.10. The minimum Gasteiger partial charge on any atom is -0.339 e. The molecule has 6 heteroatoms. The second-order valence-corrected chi connectivity index (χ2v) is 7.01. The molecule has 0 saturated carbocycles. The second kappa shape index (κ2) is 8.70. The van der Waals surface area contributed by atoms with Gasteiger partial charge in [-0.05, 0) is 47.7 Å². The zero-order valence-electron chi connectivity index (χ0n) is 13.3. The molecule has 0 unspecified atom stereocenters. The van der Waals surface area contributed by atoms with Crippen molar-refractivity contribution in [3.8, 4) is 0 Å². The summed E-state index contributed by atoms with van der Waals surface area (Å²) in [6.07, 6.45) is 3.22. The molecule has 124 valence electrons. The van der Waals surface area contributed by atoms with Crippen molar-refractivity contribution in [1.29, 1.82) is 0 Å². The van der Waals surface area contributed by atoms with Crippen LogP contribution in [0.15, 0.2) is 64.0 Å². The van der Waals surface area contributed by atoms with Gasteiger partial charge < -0.3 is 10.2 Å². The molecule has 0 aliphatic carbocycles. The van der Waals surface area contributed by atoms with Crippen molar-refractivity contribution in [3.05, 3.63) is 64.6 Å². The van der Waals surface area contributed by atoms with Crippen LogP contribution in [0, 0.1) is 0 Å². The second-order valence-electron chi connectivity index (χ2n) is 5.13. The van der Waals surface area contributed by atoms with Gasteiger partial charge >= 0.3 is 0 Å². The van der Waals surface area contributed by atoms with Gasteiger partial charge in [0.25, 0.3) is 5.24 Å². The molecule has 2 amide bonds. The minimum atomic E-state index is -0.230. The van der Waals surface area contributed by atoms with Gasteiger partial charge in [-0.2, -0.15) is 0 Å². The van der Waals surface area contributed by atoms with Crippen LogP contribution in [0.2, 0.25) is 0 Å². The van der Waals surface area contributed by atoms with E-state index in [9.17, 15) is 9.59 Å². The number of nitrogens with one attached hydrogen (secondary N) is 1. The normalized spacial score (nSPS) is 10.6. The molecule has 0 radical (unpaired) electrons. The zero-order valence-corrected chi connectivity index (χ0v) is 15.7. The van der Waals surface area contributed by atoms with Crippen molar-refractivity contribution in [3.63, 3.8) is 0 Å². The van der Waals surface area contributed by atoms with Crippen molar-refractivity contribution in [2.24, 2.45) is 0 Å². The zero-order chi connectivity index (χ0) is 17.5. The number of carbonyl (C=O) groups is 2. The summed E-state index contributed by atoms with van der Waals surface area (Å²) >= 11 is 4.55. The maximum Gasteiger partial charge on any atom is 0.285 e. The number of nitrogens with zero attached hydrogens (tertiary/aromatic N) is 1. The summed E-state index contributed by atoms with van der Waals surface area (Å²) in [6, 6.07) is 14.9. The third-order valence-electron chi connectivity index (χ3n) is 2.99. The van der Waals surface area contributed by atoms with Crippen LogP contribution >= 0.6 is 27.7 Å². The Morgan fingerprint density at radius 1 is 1.12 bits per heavy atom. The summed E-state index contributed by atoms with van der Waals surface area (Å²) < 4.78 is 0.926. The van der Waals surface area contributed by atoms with Crippen LogP contribution in [0.3, 0.4) is 0 Å². The largest absolute Gasteiger partial charge is 0.339 e. The molecular formula is C18H17BrN2O2S. The lowest BCUT2D eigenvalue weighted by molar-refractivity contribution is -0.111. The van der Waals surface area contributed by atoms with Crippen molar-refractivity contribution < 1.29 is 9.59 Å². The average Bonchev–Trinajstić information content (AvgIpc) is 2.54. The smallest absolute Gasteiger partial charge is 0.285 e. The minimum absolute atomic E-state index is 0.0627. The number of amides is 2. The number of carbonyl (C=O) groups excluding carboxylic acids is 2. The summed E-state index contributed by atoms with van der Waals surface area (Å²) in [5.74, 6) is -0.230. The number of rotatable bonds is 4. The Morgan fingerprint density at radius 2 is 1.88 bits per heavy atom. The quantitative estimate of drug-likeness (QED) is 0.583. The summed E-state index contributed by atoms with van der Waals surface area (Å²) in [4.78, 5) is 26.1. The van der Waals surface area contributed by atoms with Crippen LogP contribution in [0.4, 0.5) is 10.5 Å². The van der Waals surface area contributed by atoms with E-state index >= 15 is 0 Å². The first kappa shape index (κ1) is 18.3. The molecule has 0 bridgehead atoms. The maximum absolute atomic E-state index is 12.0. The third-order valence-corrected chi connectivity index (χ3v) is 4.74. The molecule has 0 atom stereocenters. The van der Waals surface area contributed by atoms with Gasteiger partial charge in [0.15, 0.2) is 0 Å².